The molecule has 0 aliphatic heterocycles. The molecule has 0 spiro atoms. The summed E-state index contributed by atoms with van der Waals surface area (Å²) < 4.78 is 5.10. The van der Waals surface area contributed by atoms with Crippen LogP contribution in [0.15, 0.2) is 76.8 Å². The number of nitrogens with zero attached hydrogens (tertiary/aromatic N) is 1. The summed E-state index contributed by atoms with van der Waals surface area (Å²) in [6.45, 7) is 3.79. The number of ether oxygens (including phenoxy) is 1. The molecule has 0 aromatic heterocycles. The third kappa shape index (κ3) is 5.22. The van der Waals surface area contributed by atoms with Crippen LogP contribution in [-0.4, -0.2) is 30.8 Å². The van der Waals surface area contributed by atoms with Crippen molar-refractivity contribution < 1.29 is 19.2 Å². The summed E-state index contributed by atoms with van der Waals surface area (Å²) in [5.41, 5.74) is 3.20. The Bertz CT molecular complexity index is 1100. The standard InChI is InChI=1S/C25H23NO4S/c1-16-14-21(31-4)15-17(2)22(16)24(27)23(18-8-6-5-7-9-18)26-30-25(28)19-10-12-20(29-3)13-11-19/h5-15H,1-4H3/b26-23+. The summed E-state index contributed by atoms with van der Waals surface area (Å²) >= 11 is 1.62. The Hall–Kier alpha value is -3.38. The fourth-order valence-electron chi connectivity index (χ4n) is 3.21. The molecule has 3 aromatic rings. The van der Waals surface area contributed by atoms with Crippen molar-refractivity contribution in [3.05, 3.63) is 94.5 Å². The minimum absolute atomic E-state index is 0.0746. The average molecular weight is 434 g/mol. The summed E-state index contributed by atoms with van der Waals surface area (Å²) in [6.07, 6.45) is 1.99. The molecule has 5 nitrogen and oxygen atoms in total. The van der Waals surface area contributed by atoms with Gasteiger partial charge in [-0.15, -0.1) is 11.8 Å². The third-order valence-electron chi connectivity index (χ3n) is 4.78. The molecule has 0 aliphatic carbocycles. The molecule has 3 aromatic carbocycles. The number of hydrogen-bond acceptors (Lipinski definition) is 6. The number of Topliss-reactive ketones (excluding diaryl/α,β-unsaturated/α-hetero) is 1. The molecule has 0 atom stereocenters. The molecule has 0 N–H and O–H groups in total. The zero-order valence-electron chi connectivity index (χ0n) is 17.8. The lowest BCUT2D eigenvalue weighted by Gasteiger charge is -2.12. The summed E-state index contributed by atoms with van der Waals surface area (Å²) in [5, 5.41) is 4.00. The average Bonchev–Trinajstić information content (AvgIpc) is 2.79. The van der Waals surface area contributed by atoms with Crippen LogP contribution in [-0.2, 0) is 4.84 Å². The smallest absolute Gasteiger partial charge is 0.365 e. The summed E-state index contributed by atoms with van der Waals surface area (Å²) in [7, 11) is 1.55. The van der Waals surface area contributed by atoms with Gasteiger partial charge in [0.1, 0.15) is 5.75 Å². The van der Waals surface area contributed by atoms with E-state index in [2.05, 4.69) is 5.16 Å². The number of hydrogen-bond donors (Lipinski definition) is 0. The molecule has 0 saturated heterocycles. The van der Waals surface area contributed by atoms with E-state index >= 15 is 0 Å². The van der Waals surface area contributed by atoms with Crippen molar-refractivity contribution in [3.8, 4) is 5.75 Å². The molecule has 0 bridgehead atoms. The second kappa shape index (κ2) is 10.1. The van der Waals surface area contributed by atoms with Gasteiger partial charge in [-0.1, -0.05) is 35.5 Å². The molecule has 0 fully saturated rings. The highest BCUT2D eigenvalue weighted by molar-refractivity contribution is 7.98. The molecule has 0 radical (unpaired) electrons. The molecule has 0 heterocycles. The third-order valence-corrected chi connectivity index (χ3v) is 5.48. The molecule has 0 saturated carbocycles. The van der Waals surface area contributed by atoms with Gasteiger partial charge in [0.2, 0.25) is 5.78 Å². The van der Waals surface area contributed by atoms with Gasteiger partial charge in [0.05, 0.1) is 12.7 Å². The van der Waals surface area contributed by atoms with E-state index in [-0.39, 0.29) is 11.5 Å². The van der Waals surface area contributed by atoms with Crippen LogP contribution in [0.25, 0.3) is 0 Å². The highest BCUT2D eigenvalue weighted by atomic mass is 32.2. The number of methoxy groups -OCH3 is 1. The van der Waals surface area contributed by atoms with Crippen molar-refractivity contribution in [2.75, 3.05) is 13.4 Å². The van der Waals surface area contributed by atoms with Gasteiger partial charge in [0.15, 0.2) is 5.71 Å². The Labute approximate surface area is 186 Å². The van der Waals surface area contributed by atoms with E-state index in [9.17, 15) is 9.59 Å². The van der Waals surface area contributed by atoms with Crippen LogP contribution in [0.3, 0.4) is 0 Å². The Morgan fingerprint density at radius 3 is 2.03 bits per heavy atom. The quantitative estimate of drug-likeness (QED) is 0.162. The molecule has 3 rings (SSSR count). The molecule has 6 heteroatoms. The second-order valence-electron chi connectivity index (χ2n) is 6.88. The summed E-state index contributed by atoms with van der Waals surface area (Å²) in [4.78, 5) is 32.2. The number of aryl methyl sites for hydroxylation is 2. The Kier molecular flexibility index (Phi) is 7.26. The molecular weight excluding hydrogens is 410 g/mol. The first-order valence-electron chi connectivity index (χ1n) is 9.63. The van der Waals surface area contributed by atoms with Gasteiger partial charge in [-0.05, 0) is 67.6 Å². The van der Waals surface area contributed by atoms with Crippen molar-refractivity contribution in [2.45, 2.75) is 18.7 Å². The van der Waals surface area contributed by atoms with Crippen LogP contribution in [0.5, 0.6) is 5.75 Å². The lowest BCUT2D eigenvalue weighted by molar-refractivity contribution is 0.0516. The maximum Gasteiger partial charge on any atom is 0.365 e. The molecule has 0 amide bonds. The minimum atomic E-state index is -0.657. The molecule has 31 heavy (non-hydrogen) atoms. The Balaban J connectivity index is 1.97. The van der Waals surface area contributed by atoms with Crippen molar-refractivity contribution in [1.82, 2.24) is 0 Å². The van der Waals surface area contributed by atoms with E-state index in [1.54, 1.807) is 67.4 Å². The van der Waals surface area contributed by atoms with Crippen molar-refractivity contribution in [2.24, 2.45) is 5.16 Å². The van der Waals surface area contributed by atoms with Gasteiger partial charge in [0, 0.05) is 16.0 Å². The summed E-state index contributed by atoms with van der Waals surface area (Å²) in [6, 6.07) is 19.4. The number of thioether (sulfide) groups is 1. The fraction of sp³-hybridized carbons (Fsp3) is 0.160. The van der Waals surface area contributed by atoms with Crippen LogP contribution in [0.4, 0.5) is 0 Å². The number of carbonyl (C=O) groups is 2. The number of rotatable bonds is 7. The van der Waals surface area contributed by atoms with Crippen molar-refractivity contribution in [1.29, 1.82) is 0 Å². The van der Waals surface area contributed by atoms with Crippen LogP contribution in [0.1, 0.15) is 37.4 Å². The van der Waals surface area contributed by atoms with Crippen molar-refractivity contribution >= 4 is 29.2 Å². The van der Waals surface area contributed by atoms with E-state index in [0.29, 0.717) is 22.4 Å². The zero-order chi connectivity index (χ0) is 22.4. The summed E-state index contributed by atoms with van der Waals surface area (Å²) in [5.74, 6) is -0.328. The Morgan fingerprint density at radius 1 is 0.871 bits per heavy atom. The van der Waals surface area contributed by atoms with Gasteiger partial charge in [-0.3, -0.25) is 4.79 Å². The highest BCUT2D eigenvalue weighted by Crippen LogP contribution is 2.24. The number of ketones is 1. The van der Waals surface area contributed by atoms with Crippen molar-refractivity contribution in [3.63, 3.8) is 0 Å². The largest absolute Gasteiger partial charge is 0.497 e. The number of oxime groups is 1. The normalized spacial score (nSPS) is 11.2. The van der Waals surface area contributed by atoms with E-state index in [1.807, 2.05) is 38.3 Å². The van der Waals surface area contributed by atoms with Gasteiger partial charge in [0.25, 0.3) is 0 Å². The Morgan fingerprint density at radius 2 is 1.48 bits per heavy atom. The maximum atomic E-state index is 13.5. The predicted molar refractivity (Wildman–Crippen MR) is 123 cm³/mol. The first kappa shape index (κ1) is 22.3. The molecular formula is C25H23NO4S. The molecule has 0 unspecified atom stereocenters. The molecule has 158 valence electrons. The maximum absolute atomic E-state index is 13.5. The van der Waals surface area contributed by atoms with E-state index in [0.717, 1.165) is 16.0 Å². The number of benzene rings is 3. The van der Waals surface area contributed by atoms with E-state index in [1.165, 1.54) is 0 Å². The molecule has 0 aliphatic rings. The minimum Gasteiger partial charge on any atom is -0.497 e. The zero-order valence-corrected chi connectivity index (χ0v) is 18.7. The SMILES string of the molecule is COc1ccc(C(=O)O/N=C(/C(=O)c2c(C)cc(SC)cc2C)c2ccccc2)cc1. The predicted octanol–water partition coefficient (Wildman–Crippen LogP) is 5.48. The fourth-order valence-corrected chi connectivity index (χ4v) is 3.80. The van der Waals surface area contributed by atoms with Gasteiger partial charge >= 0.3 is 5.97 Å². The second-order valence-corrected chi connectivity index (χ2v) is 7.76. The topological polar surface area (TPSA) is 65.0 Å². The van der Waals surface area contributed by atoms with Crippen LogP contribution >= 0.6 is 11.8 Å². The van der Waals surface area contributed by atoms with Gasteiger partial charge in [-0.2, -0.15) is 0 Å². The van der Waals surface area contributed by atoms with E-state index in [4.69, 9.17) is 9.57 Å². The van der Waals surface area contributed by atoms with Crippen LogP contribution < -0.4 is 4.74 Å². The first-order chi connectivity index (χ1) is 14.9. The lowest BCUT2D eigenvalue weighted by Crippen LogP contribution is -2.19. The van der Waals surface area contributed by atoms with Gasteiger partial charge < -0.3 is 9.57 Å². The van der Waals surface area contributed by atoms with E-state index < -0.39 is 5.97 Å². The monoisotopic (exact) mass is 433 g/mol. The first-order valence-corrected chi connectivity index (χ1v) is 10.9. The van der Waals surface area contributed by atoms with Crippen LogP contribution in [0.2, 0.25) is 0 Å². The highest BCUT2D eigenvalue weighted by Gasteiger charge is 2.22. The van der Waals surface area contributed by atoms with Gasteiger partial charge in [-0.25, -0.2) is 4.79 Å². The lowest BCUT2D eigenvalue weighted by atomic mass is 9.94. The van der Waals surface area contributed by atoms with Crippen LogP contribution in [0, 0.1) is 13.8 Å². The number of carbonyl (C=O) groups excluding carboxylic acids is 2.